The molecule has 7 nitrogen and oxygen atoms in total. The molecule has 2 aromatic heterocycles. The van der Waals surface area contributed by atoms with E-state index in [2.05, 4.69) is 61.1 Å². The Hall–Kier alpha value is -2.23. The molecular formula is C24H31IN6O. The van der Waals surface area contributed by atoms with Gasteiger partial charge in [-0.25, -0.2) is 4.98 Å². The van der Waals surface area contributed by atoms with Crippen LogP contribution in [0.4, 0.5) is 17.5 Å². The third-order valence-electron chi connectivity index (χ3n) is 6.26. The summed E-state index contributed by atoms with van der Waals surface area (Å²) in [4.78, 5) is 27.9. The minimum Gasteiger partial charge on any atom is -0.341 e. The Morgan fingerprint density at radius 1 is 1.22 bits per heavy atom. The van der Waals surface area contributed by atoms with E-state index in [1.807, 2.05) is 34.2 Å². The molecule has 0 saturated carbocycles. The summed E-state index contributed by atoms with van der Waals surface area (Å²) in [6, 6.07) is 6.56. The Kier molecular flexibility index (Phi) is 6.42. The molecule has 0 bridgehead atoms. The highest BCUT2D eigenvalue weighted by Gasteiger charge is 2.24. The summed E-state index contributed by atoms with van der Waals surface area (Å²) in [6.07, 6.45) is 4.40. The number of hydrogen-bond donors (Lipinski definition) is 1. The fourth-order valence-corrected chi connectivity index (χ4v) is 4.81. The predicted octanol–water partition coefficient (Wildman–Crippen LogP) is 5.28. The van der Waals surface area contributed by atoms with Crippen LogP contribution in [0.3, 0.4) is 0 Å². The SMILES string of the molecule is Cc1ccc(C(C)(C)C)cc1Nc1nc(N2CCC(CC(=O)I)CC2)nc2ncn(C)c12. The van der Waals surface area contributed by atoms with Crippen molar-refractivity contribution in [3.63, 3.8) is 0 Å². The first kappa shape index (κ1) is 22.9. The quantitative estimate of drug-likeness (QED) is 0.347. The molecule has 3 heterocycles. The highest BCUT2D eigenvalue weighted by molar-refractivity contribution is 14.1. The number of imidazole rings is 1. The number of piperidine rings is 1. The minimum atomic E-state index is 0.0620. The number of carbonyl (C=O) groups is 1. The fourth-order valence-electron chi connectivity index (χ4n) is 4.19. The molecule has 3 aromatic rings. The van der Waals surface area contributed by atoms with Crippen molar-refractivity contribution in [2.24, 2.45) is 13.0 Å². The van der Waals surface area contributed by atoms with Crippen molar-refractivity contribution in [2.75, 3.05) is 23.3 Å². The maximum absolute atomic E-state index is 11.5. The summed E-state index contributed by atoms with van der Waals surface area (Å²) in [6.45, 7) is 10.5. The van der Waals surface area contributed by atoms with Crippen LogP contribution in [0.25, 0.3) is 11.2 Å². The summed E-state index contributed by atoms with van der Waals surface area (Å²) in [7, 11) is 1.97. The summed E-state index contributed by atoms with van der Waals surface area (Å²) in [5.41, 5.74) is 5.12. The molecule has 1 aliphatic rings. The molecule has 1 aliphatic heterocycles. The van der Waals surface area contributed by atoms with Gasteiger partial charge in [-0.1, -0.05) is 32.9 Å². The number of rotatable bonds is 5. The average Bonchev–Trinajstić information content (AvgIpc) is 3.10. The molecule has 8 heteroatoms. The van der Waals surface area contributed by atoms with E-state index in [-0.39, 0.29) is 9.20 Å². The van der Waals surface area contributed by atoms with Gasteiger partial charge >= 0.3 is 0 Å². The number of anilines is 3. The lowest BCUT2D eigenvalue weighted by Crippen LogP contribution is -2.35. The van der Waals surface area contributed by atoms with Crippen molar-refractivity contribution in [1.29, 1.82) is 0 Å². The molecule has 0 aliphatic carbocycles. The van der Waals surface area contributed by atoms with Crippen LogP contribution in [0.5, 0.6) is 0 Å². The average molecular weight is 546 g/mol. The van der Waals surface area contributed by atoms with Gasteiger partial charge in [0.15, 0.2) is 15.3 Å². The Morgan fingerprint density at radius 2 is 1.94 bits per heavy atom. The van der Waals surface area contributed by atoms with Crippen LogP contribution in [-0.4, -0.2) is 36.4 Å². The van der Waals surface area contributed by atoms with Gasteiger partial charge < -0.3 is 14.8 Å². The van der Waals surface area contributed by atoms with Crippen LogP contribution < -0.4 is 10.2 Å². The van der Waals surface area contributed by atoms with Gasteiger partial charge in [0.1, 0.15) is 5.52 Å². The molecule has 0 amide bonds. The van der Waals surface area contributed by atoms with E-state index < -0.39 is 0 Å². The summed E-state index contributed by atoms with van der Waals surface area (Å²) in [5.74, 6) is 1.92. The zero-order chi connectivity index (χ0) is 23.0. The molecule has 0 atom stereocenters. The molecule has 170 valence electrons. The highest BCUT2D eigenvalue weighted by atomic mass is 127. The van der Waals surface area contributed by atoms with Gasteiger partial charge in [0.05, 0.1) is 6.33 Å². The number of aryl methyl sites for hydroxylation is 2. The summed E-state index contributed by atoms with van der Waals surface area (Å²) >= 11 is 1.90. The van der Waals surface area contributed by atoms with E-state index in [4.69, 9.17) is 9.97 Å². The van der Waals surface area contributed by atoms with Crippen LogP contribution >= 0.6 is 22.6 Å². The zero-order valence-electron chi connectivity index (χ0n) is 19.4. The second kappa shape index (κ2) is 8.96. The van der Waals surface area contributed by atoms with Gasteiger partial charge in [0.2, 0.25) is 5.95 Å². The number of halogens is 1. The lowest BCUT2D eigenvalue weighted by molar-refractivity contribution is -0.110. The first-order valence-corrected chi connectivity index (χ1v) is 12.2. The van der Waals surface area contributed by atoms with Crippen molar-refractivity contribution >= 4 is 55.0 Å². The van der Waals surface area contributed by atoms with E-state index >= 15 is 0 Å². The van der Waals surface area contributed by atoms with E-state index in [1.165, 1.54) is 5.56 Å². The zero-order valence-corrected chi connectivity index (χ0v) is 21.6. The van der Waals surface area contributed by atoms with E-state index in [0.717, 1.165) is 48.5 Å². The molecule has 1 aromatic carbocycles. The van der Waals surface area contributed by atoms with Crippen LogP contribution in [0.1, 0.15) is 51.2 Å². The number of nitrogens with zero attached hydrogens (tertiary/aromatic N) is 5. The highest BCUT2D eigenvalue weighted by Crippen LogP contribution is 2.32. The normalized spacial score (nSPS) is 15.4. The Bertz CT molecular complexity index is 1140. The molecule has 1 N–H and O–H groups in total. The number of carbonyl (C=O) groups excluding carboxylic acids is 1. The van der Waals surface area contributed by atoms with Crippen molar-refractivity contribution in [3.8, 4) is 0 Å². The smallest absolute Gasteiger partial charge is 0.229 e. The van der Waals surface area contributed by atoms with Crippen molar-refractivity contribution in [3.05, 3.63) is 35.7 Å². The van der Waals surface area contributed by atoms with Crippen LogP contribution in [0, 0.1) is 12.8 Å². The molecule has 4 rings (SSSR count). The maximum Gasteiger partial charge on any atom is 0.229 e. The van der Waals surface area contributed by atoms with Gasteiger partial charge in [-0.15, -0.1) is 0 Å². The molecule has 1 fully saturated rings. The topological polar surface area (TPSA) is 75.9 Å². The Balaban J connectivity index is 1.67. The second-order valence-corrected chi connectivity index (χ2v) is 11.0. The number of benzene rings is 1. The second-order valence-electron chi connectivity index (χ2n) is 9.79. The maximum atomic E-state index is 11.5. The lowest BCUT2D eigenvalue weighted by atomic mass is 9.86. The van der Waals surface area contributed by atoms with Gasteiger partial charge in [0.25, 0.3) is 0 Å². The van der Waals surface area contributed by atoms with Crippen molar-refractivity contribution < 1.29 is 4.79 Å². The largest absolute Gasteiger partial charge is 0.341 e. The van der Waals surface area contributed by atoms with Crippen molar-refractivity contribution in [1.82, 2.24) is 19.5 Å². The van der Waals surface area contributed by atoms with Crippen LogP contribution in [-0.2, 0) is 17.3 Å². The van der Waals surface area contributed by atoms with Crippen LogP contribution in [0.15, 0.2) is 24.5 Å². The van der Waals surface area contributed by atoms with Crippen LogP contribution in [0.2, 0.25) is 0 Å². The lowest BCUT2D eigenvalue weighted by Gasteiger charge is -2.31. The molecule has 0 unspecified atom stereocenters. The molecule has 32 heavy (non-hydrogen) atoms. The van der Waals surface area contributed by atoms with Crippen molar-refractivity contribution in [2.45, 2.75) is 52.4 Å². The number of aromatic nitrogens is 4. The third-order valence-corrected chi connectivity index (χ3v) is 6.70. The first-order chi connectivity index (χ1) is 15.1. The Morgan fingerprint density at radius 3 is 2.59 bits per heavy atom. The number of nitrogens with one attached hydrogen (secondary N) is 1. The molecular weight excluding hydrogens is 515 g/mol. The van der Waals surface area contributed by atoms with Gasteiger partial charge in [0, 0.05) is 32.2 Å². The summed E-state index contributed by atoms with van der Waals surface area (Å²) in [5, 5.41) is 3.58. The van der Waals surface area contributed by atoms with Gasteiger partial charge in [-0.2, -0.15) is 9.97 Å². The Labute approximate surface area is 203 Å². The monoisotopic (exact) mass is 546 g/mol. The summed E-state index contributed by atoms with van der Waals surface area (Å²) < 4.78 is 2.20. The molecule has 0 spiro atoms. The molecule has 0 radical (unpaired) electrons. The predicted molar refractivity (Wildman–Crippen MR) is 138 cm³/mol. The first-order valence-electron chi connectivity index (χ1n) is 11.1. The van der Waals surface area contributed by atoms with Gasteiger partial charge in [-0.3, -0.25) is 4.79 Å². The standard InChI is InChI=1S/C24H31IN6O/c1-15-6-7-17(24(2,3)4)13-18(15)27-22-20-21(26-14-30(20)5)28-23(29-22)31-10-8-16(9-11-31)12-19(25)32/h6-7,13-14,16H,8-12H2,1-5H3,(H,27,28,29). The number of fused-ring (bicyclic) bond motifs is 1. The number of hydrogen-bond acceptors (Lipinski definition) is 6. The third kappa shape index (κ3) is 4.89. The van der Waals surface area contributed by atoms with E-state index in [9.17, 15) is 4.79 Å². The molecule has 1 saturated heterocycles. The minimum absolute atomic E-state index is 0.0620. The fraction of sp³-hybridized carbons (Fsp3) is 0.500. The van der Waals surface area contributed by atoms with E-state index in [0.29, 0.717) is 23.9 Å². The van der Waals surface area contributed by atoms with E-state index in [1.54, 1.807) is 6.33 Å². The van der Waals surface area contributed by atoms with Gasteiger partial charge in [-0.05, 0) is 70.9 Å².